The van der Waals surface area contributed by atoms with E-state index in [2.05, 4.69) is 19.1 Å². The second-order valence-corrected chi connectivity index (χ2v) is 4.26. The number of nitriles is 1. The Morgan fingerprint density at radius 1 is 1.06 bits per heavy atom. The van der Waals surface area contributed by atoms with Crippen LogP contribution < -0.4 is 4.74 Å². The molecule has 0 radical (unpaired) electrons. The van der Waals surface area contributed by atoms with Gasteiger partial charge in [-0.2, -0.15) is 5.26 Å². The molecule has 2 aromatic carbocycles. The van der Waals surface area contributed by atoms with Crippen LogP contribution in [0, 0.1) is 25.2 Å². The van der Waals surface area contributed by atoms with E-state index >= 15 is 0 Å². The minimum absolute atomic E-state index is 0.425. The van der Waals surface area contributed by atoms with Crippen LogP contribution in [-0.2, 0) is 6.61 Å². The van der Waals surface area contributed by atoms with Crippen molar-refractivity contribution in [2.75, 3.05) is 0 Å². The summed E-state index contributed by atoms with van der Waals surface area (Å²) < 4.78 is 5.80. The van der Waals surface area contributed by atoms with Gasteiger partial charge in [0.2, 0.25) is 0 Å². The highest BCUT2D eigenvalue weighted by Crippen LogP contribution is 2.22. The van der Waals surface area contributed by atoms with Gasteiger partial charge in [-0.1, -0.05) is 30.3 Å². The van der Waals surface area contributed by atoms with Crippen LogP contribution in [0.4, 0.5) is 0 Å². The number of aryl methyl sites for hydroxylation is 1. The Labute approximate surface area is 107 Å². The van der Waals surface area contributed by atoms with Crippen LogP contribution in [0.15, 0.2) is 42.5 Å². The third kappa shape index (κ3) is 2.52. The fraction of sp³-hybridized carbons (Fsp3) is 0.188. The van der Waals surface area contributed by atoms with Crippen molar-refractivity contribution in [2.24, 2.45) is 0 Å². The quantitative estimate of drug-likeness (QED) is 0.814. The van der Waals surface area contributed by atoms with E-state index in [1.807, 2.05) is 43.3 Å². The first kappa shape index (κ1) is 12.2. The molecule has 18 heavy (non-hydrogen) atoms. The maximum absolute atomic E-state index is 9.01. The molecule has 0 heterocycles. The van der Waals surface area contributed by atoms with E-state index in [1.165, 1.54) is 5.56 Å². The van der Waals surface area contributed by atoms with Crippen LogP contribution in [0.5, 0.6) is 5.75 Å². The lowest BCUT2D eigenvalue weighted by molar-refractivity contribution is 0.303. The summed E-state index contributed by atoms with van der Waals surface area (Å²) in [5.74, 6) is 0.878. The summed E-state index contributed by atoms with van der Waals surface area (Å²) in [5, 5.41) is 9.01. The van der Waals surface area contributed by atoms with Crippen LogP contribution >= 0.6 is 0 Å². The van der Waals surface area contributed by atoms with Gasteiger partial charge < -0.3 is 4.74 Å². The summed E-state index contributed by atoms with van der Waals surface area (Å²) in [7, 11) is 0. The van der Waals surface area contributed by atoms with E-state index in [1.54, 1.807) is 0 Å². The van der Waals surface area contributed by atoms with E-state index in [-0.39, 0.29) is 0 Å². The molecule has 0 aliphatic heterocycles. The largest absolute Gasteiger partial charge is 0.489 e. The molecule has 0 spiro atoms. The molecule has 0 N–H and O–H groups in total. The van der Waals surface area contributed by atoms with Crippen molar-refractivity contribution < 1.29 is 4.74 Å². The summed E-state index contributed by atoms with van der Waals surface area (Å²) >= 11 is 0. The van der Waals surface area contributed by atoms with Crippen molar-refractivity contribution in [3.63, 3.8) is 0 Å². The van der Waals surface area contributed by atoms with E-state index < -0.39 is 0 Å². The molecule has 2 heteroatoms. The van der Waals surface area contributed by atoms with Crippen LogP contribution in [0.3, 0.4) is 0 Å². The first-order valence-electron chi connectivity index (χ1n) is 5.89. The van der Waals surface area contributed by atoms with Crippen LogP contribution in [0.2, 0.25) is 0 Å². The first-order valence-corrected chi connectivity index (χ1v) is 5.89. The average Bonchev–Trinajstić information content (AvgIpc) is 2.41. The molecule has 90 valence electrons. The fourth-order valence-electron chi connectivity index (χ4n) is 1.79. The van der Waals surface area contributed by atoms with Gasteiger partial charge in [0.05, 0.1) is 11.6 Å². The summed E-state index contributed by atoms with van der Waals surface area (Å²) in [4.78, 5) is 0. The van der Waals surface area contributed by atoms with Gasteiger partial charge in [-0.15, -0.1) is 0 Å². The lowest BCUT2D eigenvalue weighted by atomic mass is 10.1. The zero-order valence-electron chi connectivity index (χ0n) is 10.6. The van der Waals surface area contributed by atoms with Gasteiger partial charge in [-0.3, -0.25) is 0 Å². The molecule has 0 aliphatic rings. The highest BCUT2D eigenvalue weighted by molar-refractivity contribution is 5.40. The van der Waals surface area contributed by atoms with Crippen molar-refractivity contribution in [1.29, 1.82) is 5.26 Å². The molecule has 0 unspecified atom stereocenters. The standard InChI is InChI=1S/C16H15NO/c1-12-6-5-9-16(13(12)2)18-11-15-8-4-3-7-14(15)10-17/h3-9H,11H2,1-2H3. The summed E-state index contributed by atoms with van der Waals surface area (Å²) in [5.41, 5.74) is 3.94. The minimum Gasteiger partial charge on any atom is -0.489 e. The Balaban J connectivity index is 2.17. The highest BCUT2D eigenvalue weighted by atomic mass is 16.5. The van der Waals surface area contributed by atoms with Gasteiger partial charge in [-0.25, -0.2) is 0 Å². The molecule has 0 bridgehead atoms. The minimum atomic E-state index is 0.425. The molecule has 0 aromatic heterocycles. The van der Waals surface area contributed by atoms with E-state index in [9.17, 15) is 0 Å². The van der Waals surface area contributed by atoms with Gasteiger partial charge in [0.15, 0.2) is 0 Å². The van der Waals surface area contributed by atoms with Gasteiger partial charge >= 0.3 is 0 Å². The molecule has 0 amide bonds. The van der Waals surface area contributed by atoms with Crippen LogP contribution in [0.1, 0.15) is 22.3 Å². The van der Waals surface area contributed by atoms with E-state index in [0.717, 1.165) is 16.9 Å². The second-order valence-electron chi connectivity index (χ2n) is 4.26. The van der Waals surface area contributed by atoms with Crippen LogP contribution in [-0.4, -0.2) is 0 Å². The van der Waals surface area contributed by atoms with Crippen LogP contribution in [0.25, 0.3) is 0 Å². The van der Waals surface area contributed by atoms with Crippen molar-refractivity contribution in [3.05, 3.63) is 64.7 Å². The molecule has 0 aliphatic carbocycles. The lowest BCUT2D eigenvalue weighted by Crippen LogP contribution is -2.00. The third-order valence-corrected chi connectivity index (χ3v) is 3.08. The Morgan fingerprint density at radius 2 is 1.83 bits per heavy atom. The molecule has 2 rings (SSSR count). The van der Waals surface area contributed by atoms with Crippen molar-refractivity contribution in [1.82, 2.24) is 0 Å². The highest BCUT2D eigenvalue weighted by Gasteiger charge is 2.04. The number of benzene rings is 2. The first-order chi connectivity index (χ1) is 8.72. The molecular formula is C16H15NO. The summed E-state index contributed by atoms with van der Waals surface area (Å²) in [6.45, 7) is 4.53. The Kier molecular flexibility index (Phi) is 3.64. The smallest absolute Gasteiger partial charge is 0.122 e. The maximum atomic E-state index is 9.01. The van der Waals surface area contributed by atoms with Crippen molar-refractivity contribution in [3.8, 4) is 11.8 Å². The third-order valence-electron chi connectivity index (χ3n) is 3.08. The summed E-state index contributed by atoms with van der Waals surface area (Å²) in [6, 6.07) is 15.7. The average molecular weight is 237 g/mol. The Bertz CT molecular complexity index is 596. The molecule has 0 saturated carbocycles. The maximum Gasteiger partial charge on any atom is 0.122 e. The molecular weight excluding hydrogens is 222 g/mol. The van der Waals surface area contributed by atoms with Crippen molar-refractivity contribution >= 4 is 0 Å². The SMILES string of the molecule is Cc1cccc(OCc2ccccc2C#N)c1C. The molecule has 0 saturated heterocycles. The molecule has 2 nitrogen and oxygen atoms in total. The molecule has 0 fully saturated rings. The van der Waals surface area contributed by atoms with Gasteiger partial charge in [0, 0.05) is 5.56 Å². The topological polar surface area (TPSA) is 33.0 Å². The normalized spacial score (nSPS) is 9.83. The van der Waals surface area contributed by atoms with E-state index in [4.69, 9.17) is 10.00 Å². The molecule has 0 atom stereocenters. The number of hydrogen-bond donors (Lipinski definition) is 0. The number of hydrogen-bond acceptors (Lipinski definition) is 2. The number of ether oxygens (including phenoxy) is 1. The monoisotopic (exact) mass is 237 g/mol. The number of rotatable bonds is 3. The predicted molar refractivity (Wildman–Crippen MR) is 71.4 cm³/mol. The zero-order valence-corrected chi connectivity index (χ0v) is 10.6. The predicted octanol–water partition coefficient (Wildman–Crippen LogP) is 3.75. The lowest BCUT2D eigenvalue weighted by Gasteiger charge is -2.11. The van der Waals surface area contributed by atoms with Crippen molar-refractivity contribution in [2.45, 2.75) is 20.5 Å². The Hall–Kier alpha value is -2.27. The van der Waals surface area contributed by atoms with Gasteiger partial charge in [-0.05, 0) is 37.1 Å². The Morgan fingerprint density at radius 3 is 2.61 bits per heavy atom. The molecule has 2 aromatic rings. The zero-order chi connectivity index (χ0) is 13.0. The second kappa shape index (κ2) is 5.37. The number of nitrogens with zero attached hydrogens (tertiary/aromatic N) is 1. The van der Waals surface area contributed by atoms with Gasteiger partial charge in [0.25, 0.3) is 0 Å². The summed E-state index contributed by atoms with van der Waals surface area (Å²) in [6.07, 6.45) is 0. The van der Waals surface area contributed by atoms with E-state index in [0.29, 0.717) is 12.2 Å². The van der Waals surface area contributed by atoms with Gasteiger partial charge in [0.1, 0.15) is 12.4 Å². The fourth-order valence-corrected chi connectivity index (χ4v) is 1.79.